The maximum Gasteiger partial charge on any atom is 0.224 e. The van der Waals surface area contributed by atoms with Crippen LogP contribution in [0.2, 0.25) is 0 Å². The van der Waals surface area contributed by atoms with E-state index in [0.29, 0.717) is 13.0 Å². The molecular weight excluding hydrogens is 262 g/mol. The summed E-state index contributed by atoms with van der Waals surface area (Å²) < 4.78 is 0. The Morgan fingerprint density at radius 3 is 2.33 bits per heavy atom. The number of aryl methyl sites for hydroxylation is 1. The maximum atomic E-state index is 12.3. The van der Waals surface area contributed by atoms with Gasteiger partial charge >= 0.3 is 0 Å². The average molecular weight is 291 g/mol. The number of benzene rings is 1. The third kappa shape index (κ3) is 4.74. The summed E-state index contributed by atoms with van der Waals surface area (Å²) in [4.78, 5) is 16.4. The SMILES string of the molecule is CCN(CC)C(=O)CC(CN)N(CC)c1cccc(C)c1. The normalized spacial score (nSPS) is 12.0. The van der Waals surface area contributed by atoms with Crippen molar-refractivity contribution in [1.82, 2.24) is 4.90 Å². The van der Waals surface area contributed by atoms with Crippen molar-refractivity contribution in [3.63, 3.8) is 0 Å². The first-order valence-electron chi connectivity index (χ1n) is 7.88. The number of nitrogens with two attached hydrogens (primary N) is 1. The first-order valence-corrected chi connectivity index (χ1v) is 7.88. The summed E-state index contributed by atoms with van der Waals surface area (Å²) in [6.45, 7) is 11.0. The second kappa shape index (κ2) is 8.67. The predicted molar refractivity (Wildman–Crippen MR) is 89.6 cm³/mol. The van der Waals surface area contributed by atoms with Crippen LogP contribution < -0.4 is 10.6 Å². The number of hydrogen-bond acceptors (Lipinski definition) is 3. The zero-order valence-electron chi connectivity index (χ0n) is 13.8. The first-order chi connectivity index (χ1) is 10.1. The van der Waals surface area contributed by atoms with Crippen LogP contribution in [0.1, 0.15) is 32.8 Å². The zero-order chi connectivity index (χ0) is 15.8. The van der Waals surface area contributed by atoms with Gasteiger partial charge in [-0.05, 0) is 45.4 Å². The molecular formula is C17H29N3O. The zero-order valence-corrected chi connectivity index (χ0v) is 13.8. The first kappa shape index (κ1) is 17.5. The fourth-order valence-corrected chi connectivity index (χ4v) is 2.69. The minimum Gasteiger partial charge on any atom is -0.367 e. The van der Waals surface area contributed by atoms with Crippen molar-refractivity contribution in [3.8, 4) is 0 Å². The molecule has 1 atom stereocenters. The lowest BCUT2D eigenvalue weighted by Gasteiger charge is -2.33. The Morgan fingerprint density at radius 2 is 1.86 bits per heavy atom. The summed E-state index contributed by atoms with van der Waals surface area (Å²) in [6.07, 6.45) is 0.472. The van der Waals surface area contributed by atoms with Gasteiger partial charge in [0.25, 0.3) is 0 Å². The molecule has 0 bridgehead atoms. The smallest absolute Gasteiger partial charge is 0.224 e. The summed E-state index contributed by atoms with van der Waals surface area (Å²) in [5.74, 6) is 0.182. The molecule has 4 nitrogen and oxygen atoms in total. The summed E-state index contributed by atoms with van der Waals surface area (Å²) in [6, 6.07) is 8.41. The lowest BCUT2D eigenvalue weighted by molar-refractivity contribution is -0.131. The van der Waals surface area contributed by atoms with E-state index in [2.05, 4.69) is 36.9 Å². The quantitative estimate of drug-likeness (QED) is 0.800. The van der Waals surface area contributed by atoms with E-state index in [1.807, 2.05) is 24.8 Å². The molecule has 0 radical (unpaired) electrons. The van der Waals surface area contributed by atoms with Crippen molar-refractivity contribution >= 4 is 11.6 Å². The van der Waals surface area contributed by atoms with Crippen LogP contribution in [0.3, 0.4) is 0 Å². The highest BCUT2D eigenvalue weighted by molar-refractivity contribution is 5.77. The third-order valence-electron chi connectivity index (χ3n) is 3.91. The highest BCUT2D eigenvalue weighted by Crippen LogP contribution is 2.20. The van der Waals surface area contributed by atoms with E-state index < -0.39 is 0 Å². The van der Waals surface area contributed by atoms with E-state index in [1.165, 1.54) is 5.56 Å². The molecule has 118 valence electrons. The highest BCUT2D eigenvalue weighted by atomic mass is 16.2. The van der Waals surface area contributed by atoms with Crippen LogP contribution in [0, 0.1) is 6.92 Å². The fourth-order valence-electron chi connectivity index (χ4n) is 2.69. The largest absolute Gasteiger partial charge is 0.367 e. The Balaban J connectivity index is 2.88. The molecule has 0 aliphatic carbocycles. The second-order valence-electron chi connectivity index (χ2n) is 5.28. The molecule has 1 unspecified atom stereocenters. The third-order valence-corrected chi connectivity index (χ3v) is 3.91. The summed E-state index contributed by atoms with van der Waals surface area (Å²) in [5, 5.41) is 0. The topological polar surface area (TPSA) is 49.6 Å². The molecule has 0 spiro atoms. The second-order valence-corrected chi connectivity index (χ2v) is 5.28. The van der Waals surface area contributed by atoms with Crippen molar-refractivity contribution in [2.75, 3.05) is 31.1 Å². The van der Waals surface area contributed by atoms with Gasteiger partial charge in [-0.1, -0.05) is 12.1 Å². The van der Waals surface area contributed by atoms with Crippen molar-refractivity contribution < 1.29 is 4.79 Å². The molecule has 0 saturated heterocycles. The van der Waals surface area contributed by atoms with Gasteiger partial charge in [0.15, 0.2) is 0 Å². The number of amides is 1. The predicted octanol–water partition coefficient (Wildman–Crippen LogP) is 2.41. The van der Waals surface area contributed by atoms with Crippen LogP contribution in [0.25, 0.3) is 0 Å². The Hall–Kier alpha value is -1.55. The van der Waals surface area contributed by atoms with Gasteiger partial charge in [0, 0.05) is 44.3 Å². The van der Waals surface area contributed by atoms with E-state index in [4.69, 9.17) is 5.73 Å². The molecule has 1 rings (SSSR count). The Morgan fingerprint density at radius 1 is 1.19 bits per heavy atom. The van der Waals surface area contributed by atoms with Gasteiger partial charge in [-0.15, -0.1) is 0 Å². The van der Waals surface area contributed by atoms with Crippen molar-refractivity contribution in [3.05, 3.63) is 29.8 Å². The van der Waals surface area contributed by atoms with Crippen LogP contribution in [0.15, 0.2) is 24.3 Å². The van der Waals surface area contributed by atoms with Gasteiger partial charge in [0.1, 0.15) is 0 Å². The fraction of sp³-hybridized carbons (Fsp3) is 0.588. The van der Waals surface area contributed by atoms with Gasteiger partial charge in [0.05, 0.1) is 0 Å². The van der Waals surface area contributed by atoms with Crippen LogP contribution >= 0.6 is 0 Å². The maximum absolute atomic E-state index is 12.3. The highest BCUT2D eigenvalue weighted by Gasteiger charge is 2.22. The van der Waals surface area contributed by atoms with Gasteiger partial charge in [-0.2, -0.15) is 0 Å². The number of rotatable bonds is 8. The molecule has 0 heterocycles. The Labute approximate surface area is 128 Å². The lowest BCUT2D eigenvalue weighted by Crippen LogP contribution is -2.45. The monoisotopic (exact) mass is 291 g/mol. The van der Waals surface area contributed by atoms with E-state index in [9.17, 15) is 4.79 Å². The Kier molecular flexibility index (Phi) is 7.23. The van der Waals surface area contributed by atoms with Gasteiger partial charge < -0.3 is 15.5 Å². The molecule has 21 heavy (non-hydrogen) atoms. The number of carbonyl (C=O) groups excluding carboxylic acids is 1. The number of likely N-dealkylation sites (N-methyl/N-ethyl adjacent to an activating group) is 1. The molecule has 1 amide bonds. The molecule has 2 N–H and O–H groups in total. The number of anilines is 1. The van der Waals surface area contributed by atoms with E-state index in [1.54, 1.807) is 0 Å². The van der Waals surface area contributed by atoms with E-state index in [0.717, 1.165) is 25.3 Å². The van der Waals surface area contributed by atoms with Crippen LogP contribution in [0.4, 0.5) is 5.69 Å². The number of hydrogen-bond donors (Lipinski definition) is 1. The number of nitrogens with zero attached hydrogens (tertiary/aromatic N) is 2. The van der Waals surface area contributed by atoms with Crippen molar-refractivity contribution in [2.24, 2.45) is 5.73 Å². The molecule has 0 aliphatic rings. The molecule has 0 fully saturated rings. The van der Waals surface area contributed by atoms with E-state index in [-0.39, 0.29) is 11.9 Å². The molecule has 0 aromatic heterocycles. The summed E-state index contributed by atoms with van der Waals surface area (Å²) in [7, 11) is 0. The standard InChI is InChI=1S/C17H29N3O/c1-5-19(6-2)17(21)12-16(13-18)20(7-3)15-10-8-9-14(4)11-15/h8-11,16H,5-7,12-13,18H2,1-4H3. The molecule has 0 aliphatic heterocycles. The van der Waals surface area contributed by atoms with Crippen LogP contribution in [-0.4, -0.2) is 43.0 Å². The molecule has 1 aromatic carbocycles. The minimum absolute atomic E-state index is 0.0462. The average Bonchev–Trinajstić information content (AvgIpc) is 2.48. The number of carbonyl (C=O) groups is 1. The van der Waals surface area contributed by atoms with E-state index >= 15 is 0 Å². The summed E-state index contributed by atoms with van der Waals surface area (Å²) >= 11 is 0. The minimum atomic E-state index is 0.0462. The molecule has 4 heteroatoms. The van der Waals surface area contributed by atoms with Gasteiger partial charge in [0.2, 0.25) is 5.91 Å². The molecule has 0 saturated carbocycles. The van der Waals surface area contributed by atoms with Crippen molar-refractivity contribution in [2.45, 2.75) is 40.2 Å². The van der Waals surface area contributed by atoms with Crippen molar-refractivity contribution in [1.29, 1.82) is 0 Å². The summed E-state index contributed by atoms with van der Waals surface area (Å²) in [5.41, 5.74) is 8.30. The Bertz CT molecular complexity index is 443. The van der Waals surface area contributed by atoms with Gasteiger partial charge in [-0.3, -0.25) is 4.79 Å². The molecule has 1 aromatic rings. The van der Waals surface area contributed by atoms with Crippen LogP contribution in [0.5, 0.6) is 0 Å². The lowest BCUT2D eigenvalue weighted by atomic mass is 10.1. The van der Waals surface area contributed by atoms with Crippen LogP contribution in [-0.2, 0) is 4.79 Å². The van der Waals surface area contributed by atoms with Gasteiger partial charge in [-0.25, -0.2) is 0 Å².